The quantitative estimate of drug-likeness (QED) is 0.733. The van der Waals surface area contributed by atoms with Gasteiger partial charge in [-0.2, -0.15) is 0 Å². The summed E-state index contributed by atoms with van der Waals surface area (Å²) in [6, 6.07) is 5.92. The molecule has 1 atom stereocenters. The van der Waals surface area contributed by atoms with Gasteiger partial charge in [-0.25, -0.2) is 13.1 Å². The molecular weight excluding hydrogens is 326 g/mol. The van der Waals surface area contributed by atoms with E-state index in [0.29, 0.717) is 18.0 Å². The molecule has 0 saturated carbocycles. The molecule has 1 aromatic rings. The zero-order valence-electron chi connectivity index (χ0n) is 12.5. The number of benzene rings is 1. The second-order valence-electron chi connectivity index (χ2n) is 5.15. The van der Waals surface area contributed by atoms with Crippen molar-refractivity contribution < 1.29 is 13.2 Å². The summed E-state index contributed by atoms with van der Waals surface area (Å²) in [6.07, 6.45) is 2.25. The van der Waals surface area contributed by atoms with Crippen molar-refractivity contribution >= 4 is 28.3 Å². The number of carbonyl (C=O) groups is 1. The number of rotatable bonds is 5. The van der Waals surface area contributed by atoms with Gasteiger partial charge in [0.25, 0.3) is 5.91 Å². The predicted octanol–water partition coefficient (Wildman–Crippen LogP) is 0.746. The highest BCUT2D eigenvalue weighted by molar-refractivity contribution is 7.89. The summed E-state index contributed by atoms with van der Waals surface area (Å²) in [5.41, 5.74) is 0.467. The number of hydrogen-bond acceptors (Lipinski definition) is 4. The van der Waals surface area contributed by atoms with E-state index in [1.807, 2.05) is 0 Å². The Morgan fingerprint density at radius 1 is 1.32 bits per heavy atom. The van der Waals surface area contributed by atoms with Crippen LogP contribution in [0.1, 0.15) is 23.2 Å². The van der Waals surface area contributed by atoms with Gasteiger partial charge in [0, 0.05) is 12.1 Å². The number of hydrogen-bond donors (Lipinski definition) is 3. The molecule has 0 spiro atoms. The van der Waals surface area contributed by atoms with E-state index in [9.17, 15) is 13.2 Å². The first-order valence-corrected chi connectivity index (χ1v) is 8.54. The molecule has 3 N–H and O–H groups in total. The molecule has 1 aliphatic rings. The first-order chi connectivity index (χ1) is 10.0. The SMILES string of the molecule is CNS(=O)(=O)c1ccc(C(=O)NCC2CCCNC2)cc1.Cl. The Morgan fingerprint density at radius 3 is 2.55 bits per heavy atom. The van der Waals surface area contributed by atoms with Crippen LogP contribution in [0.15, 0.2) is 29.2 Å². The number of sulfonamides is 1. The summed E-state index contributed by atoms with van der Waals surface area (Å²) in [7, 11) is -2.10. The second kappa shape index (κ2) is 8.47. The minimum absolute atomic E-state index is 0. The number of amides is 1. The normalized spacial score (nSPS) is 18.3. The lowest BCUT2D eigenvalue weighted by Crippen LogP contribution is -2.38. The highest BCUT2D eigenvalue weighted by Crippen LogP contribution is 2.11. The van der Waals surface area contributed by atoms with Gasteiger partial charge in [0.1, 0.15) is 0 Å². The lowest BCUT2D eigenvalue weighted by atomic mass is 10.00. The zero-order valence-corrected chi connectivity index (χ0v) is 14.1. The van der Waals surface area contributed by atoms with Crippen LogP contribution in [0.2, 0.25) is 0 Å². The Labute approximate surface area is 137 Å². The van der Waals surface area contributed by atoms with Crippen molar-refractivity contribution in [2.24, 2.45) is 5.92 Å². The fourth-order valence-electron chi connectivity index (χ4n) is 2.34. The molecular formula is C14H22ClN3O3S. The molecule has 1 aromatic carbocycles. The molecule has 0 aliphatic carbocycles. The van der Waals surface area contributed by atoms with E-state index < -0.39 is 10.0 Å². The summed E-state index contributed by atoms with van der Waals surface area (Å²) >= 11 is 0. The van der Waals surface area contributed by atoms with E-state index in [0.717, 1.165) is 25.9 Å². The minimum atomic E-state index is -3.46. The fraction of sp³-hybridized carbons (Fsp3) is 0.500. The van der Waals surface area contributed by atoms with Crippen molar-refractivity contribution in [1.82, 2.24) is 15.4 Å². The molecule has 6 nitrogen and oxygen atoms in total. The summed E-state index contributed by atoms with van der Waals surface area (Å²) in [5, 5.41) is 6.20. The third-order valence-corrected chi connectivity index (χ3v) is 5.08. The van der Waals surface area contributed by atoms with Crippen LogP contribution in [-0.4, -0.2) is 41.0 Å². The molecule has 124 valence electrons. The van der Waals surface area contributed by atoms with Gasteiger partial charge < -0.3 is 10.6 Å². The van der Waals surface area contributed by atoms with Crippen LogP contribution < -0.4 is 15.4 Å². The molecule has 0 bridgehead atoms. The average molecular weight is 348 g/mol. The van der Waals surface area contributed by atoms with E-state index in [-0.39, 0.29) is 23.2 Å². The third kappa shape index (κ3) is 4.95. The van der Waals surface area contributed by atoms with Crippen molar-refractivity contribution in [3.8, 4) is 0 Å². The van der Waals surface area contributed by atoms with Gasteiger partial charge >= 0.3 is 0 Å². The Balaban J connectivity index is 0.00000242. The monoisotopic (exact) mass is 347 g/mol. The smallest absolute Gasteiger partial charge is 0.251 e. The Kier molecular flexibility index (Phi) is 7.28. The first-order valence-electron chi connectivity index (χ1n) is 7.05. The topological polar surface area (TPSA) is 87.3 Å². The van der Waals surface area contributed by atoms with Crippen molar-refractivity contribution in [1.29, 1.82) is 0 Å². The molecule has 1 fully saturated rings. The van der Waals surface area contributed by atoms with Gasteiger partial charge in [-0.15, -0.1) is 12.4 Å². The third-order valence-electron chi connectivity index (χ3n) is 3.65. The lowest BCUT2D eigenvalue weighted by molar-refractivity contribution is 0.0944. The van der Waals surface area contributed by atoms with Crippen LogP contribution in [0.4, 0.5) is 0 Å². The number of halogens is 1. The standard InChI is InChI=1S/C14H21N3O3S.ClH/c1-15-21(19,20)13-6-4-12(5-7-13)14(18)17-10-11-3-2-8-16-9-11;/h4-7,11,15-16H,2-3,8-10H2,1H3,(H,17,18);1H. The molecule has 1 aliphatic heterocycles. The van der Waals surface area contributed by atoms with Gasteiger partial charge in [0.05, 0.1) is 4.90 Å². The van der Waals surface area contributed by atoms with Crippen molar-refractivity contribution in [2.45, 2.75) is 17.7 Å². The highest BCUT2D eigenvalue weighted by Gasteiger charge is 2.15. The number of carbonyl (C=O) groups excluding carboxylic acids is 1. The van der Waals surface area contributed by atoms with E-state index in [4.69, 9.17) is 0 Å². The summed E-state index contributed by atoms with van der Waals surface area (Å²) < 4.78 is 25.4. The minimum Gasteiger partial charge on any atom is -0.352 e. The summed E-state index contributed by atoms with van der Waals surface area (Å²) in [4.78, 5) is 12.2. The highest BCUT2D eigenvalue weighted by atomic mass is 35.5. The molecule has 1 unspecified atom stereocenters. The number of piperidine rings is 1. The van der Waals surface area contributed by atoms with Crippen LogP contribution in [0, 0.1) is 5.92 Å². The van der Waals surface area contributed by atoms with E-state index >= 15 is 0 Å². The van der Waals surface area contributed by atoms with E-state index in [2.05, 4.69) is 15.4 Å². The molecule has 0 radical (unpaired) electrons. The van der Waals surface area contributed by atoms with Crippen LogP contribution in [0.5, 0.6) is 0 Å². The molecule has 8 heteroatoms. The fourth-order valence-corrected chi connectivity index (χ4v) is 3.07. The van der Waals surface area contributed by atoms with E-state index in [1.165, 1.54) is 31.3 Å². The second-order valence-corrected chi connectivity index (χ2v) is 7.04. The first kappa shape index (κ1) is 18.9. The maximum Gasteiger partial charge on any atom is 0.251 e. The Morgan fingerprint density at radius 2 is 2.00 bits per heavy atom. The van der Waals surface area contributed by atoms with Crippen molar-refractivity contribution in [2.75, 3.05) is 26.7 Å². The van der Waals surface area contributed by atoms with E-state index in [1.54, 1.807) is 0 Å². The van der Waals surface area contributed by atoms with Crippen LogP contribution >= 0.6 is 12.4 Å². The predicted molar refractivity (Wildman–Crippen MR) is 87.9 cm³/mol. The molecule has 1 saturated heterocycles. The summed E-state index contributed by atoms with van der Waals surface area (Å²) in [5.74, 6) is 0.292. The molecule has 0 aromatic heterocycles. The van der Waals surface area contributed by atoms with Gasteiger partial charge in [0.2, 0.25) is 10.0 Å². The lowest BCUT2D eigenvalue weighted by Gasteiger charge is -2.22. The number of nitrogens with one attached hydrogen (secondary N) is 3. The maximum atomic E-state index is 12.0. The molecule has 1 amide bonds. The summed E-state index contributed by atoms with van der Waals surface area (Å²) in [6.45, 7) is 2.62. The van der Waals surface area contributed by atoms with Gasteiger partial charge in [-0.1, -0.05) is 0 Å². The van der Waals surface area contributed by atoms with Gasteiger partial charge in [-0.3, -0.25) is 4.79 Å². The molecule has 2 rings (SSSR count). The maximum absolute atomic E-state index is 12.0. The van der Waals surface area contributed by atoms with Gasteiger partial charge in [-0.05, 0) is 63.2 Å². The van der Waals surface area contributed by atoms with Crippen molar-refractivity contribution in [3.63, 3.8) is 0 Å². The Bertz CT molecular complexity index is 584. The zero-order chi connectivity index (χ0) is 15.3. The van der Waals surface area contributed by atoms with Crippen LogP contribution in [0.3, 0.4) is 0 Å². The van der Waals surface area contributed by atoms with Crippen LogP contribution in [0.25, 0.3) is 0 Å². The largest absolute Gasteiger partial charge is 0.352 e. The van der Waals surface area contributed by atoms with Crippen LogP contribution in [-0.2, 0) is 10.0 Å². The molecule has 1 heterocycles. The average Bonchev–Trinajstić information content (AvgIpc) is 2.53. The Hall–Kier alpha value is -1.15. The van der Waals surface area contributed by atoms with Crippen molar-refractivity contribution in [3.05, 3.63) is 29.8 Å². The van der Waals surface area contributed by atoms with Gasteiger partial charge in [0.15, 0.2) is 0 Å². The molecule has 22 heavy (non-hydrogen) atoms.